The van der Waals surface area contributed by atoms with E-state index in [0.717, 1.165) is 43.1 Å². The minimum atomic E-state index is -0.00198. The Hall–Kier alpha value is -1.66. The van der Waals surface area contributed by atoms with Gasteiger partial charge in [0.05, 0.1) is 5.00 Å². The lowest BCUT2D eigenvalue weighted by atomic mass is 9.91. The predicted octanol–water partition coefficient (Wildman–Crippen LogP) is 3.17. The van der Waals surface area contributed by atoms with Crippen LogP contribution in [0, 0.1) is 11.8 Å². The van der Waals surface area contributed by atoms with Gasteiger partial charge in [0.25, 0.3) is 0 Å². The molecule has 2 aliphatic rings. The molecule has 1 saturated heterocycles. The van der Waals surface area contributed by atoms with E-state index in [4.69, 9.17) is 0 Å². The number of nitrogens with one attached hydrogen (secondary N) is 1. The quantitative estimate of drug-likeness (QED) is 0.787. The van der Waals surface area contributed by atoms with Gasteiger partial charge in [-0.2, -0.15) is 0 Å². The van der Waals surface area contributed by atoms with Crippen molar-refractivity contribution in [3.63, 3.8) is 0 Å². The molecule has 0 radical (unpaired) electrons. The van der Waals surface area contributed by atoms with Gasteiger partial charge in [-0.3, -0.25) is 9.59 Å². The van der Waals surface area contributed by atoms with Crippen LogP contribution in [0.25, 0.3) is 0 Å². The lowest BCUT2D eigenvalue weighted by Gasteiger charge is -2.30. The van der Waals surface area contributed by atoms with Crippen LogP contribution in [-0.2, 0) is 22.4 Å². The summed E-state index contributed by atoms with van der Waals surface area (Å²) in [6.45, 7) is 4.36. The lowest BCUT2D eigenvalue weighted by molar-refractivity contribution is -0.130. The van der Waals surface area contributed by atoms with Crippen molar-refractivity contribution < 1.29 is 9.59 Å². The first kappa shape index (κ1) is 20.1. The molecule has 148 valence electrons. The van der Waals surface area contributed by atoms with Crippen LogP contribution >= 0.6 is 11.3 Å². The van der Waals surface area contributed by atoms with Crippen molar-refractivity contribution in [2.24, 2.45) is 11.8 Å². The van der Waals surface area contributed by atoms with E-state index in [1.165, 1.54) is 16.9 Å². The molecule has 1 N–H and O–H groups in total. The number of aryl methyl sites for hydroxylation is 1. The first-order valence-electron chi connectivity index (χ1n) is 9.95. The zero-order valence-electron chi connectivity index (χ0n) is 16.7. The van der Waals surface area contributed by atoms with E-state index in [9.17, 15) is 9.59 Å². The number of carbonyl (C=O) groups excluding carboxylic acids is 2. The topological polar surface area (TPSA) is 52.7 Å². The number of likely N-dealkylation sites (tertiary alicyclic amines) is 1. The number of likely N-dealkylation sites (N-methyl/N-ethyl adjacent to an activating group) is 1. The number of fused-ring (bicyclic) bond motifs is 1. The number of thiophene rings is 1. The molecule has 0 spiro atoms. The molecule has 0 aromatic carbocycles. The Balaban J connectivity index is 1.47. The molecule has 0 saturated carbocycles. The summed E-state index contributed by atoms with van der Waals surface area (Å²) >= 11 is 1.74. The van der Waals surface area contributed by atoms with Gasteiger partial charge in [0.1, 0.15) is 0 Å². The third kappa shape index (κ3) is 5.42. The Morgan fingerprint density at radius 3 is 2.74 bits per heavy atom. The van der Waals surface area contributed by atoms with Gasteiger partial charge in [0, 0.05) is 36.5 Å². The predicted molar refractivity (Wildman–Crippen MR) is 111 cm³/mol. The Morgan fingerprint density at radius 2 is 2.04 bits per heavy atom. The van der Waals surface area contributed by atoms with Gasteiger partial charge in [-0.25, -0.2) is 0 Å². The third-order valence-corrected chi connectivity index (χ3v) is 6.61. The van der Waals surface area contributed by atoms with Gasteiger partial charge in [-0.1, -0.05) is 13.0 Å². The van der Waals surface area contributed by atoms with Crippen LogP contribution in [0.5, 0.6) is 0 Å². The van der Waals surface area contributed by atoms with Crippen molar-refractivity contribution in [3.05, 3.63) is 28.7 Å². The van der Waals surface area contributed by atoms with E-state index in [1.54, 1.807) is 17.4 Å². The molecule has 1 atom stereocenters. The van der Waals surface area contributed by atoms with E-state index in [0.29, 0.717) is 13.1 Å². The van der Waals surface area contributed by atoms with Crippen LogP contribution < -0.4 is 5.32 Å². The molecule has 1 aromatic heterocycles. The molecule has 0 bridgehead atoms. The van der Waals surface area contributed by atoms with E-state index in [2.05, 4.69) is 18.3 Å². The van der Waals surface area contributed by atoms with Crippen LogP contribution in [0.2, 0.25) is 0 Å². The number of amides is 2. The highest BCUT2D eigenvalue weighted by molar-refractivity contribution is 7.16. The molecule has 27 heavy (non-hydrogen) atoms. The van der Waals surface area contributed by atoms with Crippen molar-refractivity contribution in [1.29, 1.82) is 0 Å². The summed E-state index contributed by atoms with van der Waals surface area (Å²) in [7, 11) is 3.95. The van der Waals surface area contributed by atoms with Crippen molar-refractivity contribution in [2.75, 3.05) is 39.0 Å². The molecule has 1 fully saturated rings. The zero-order chi connectivity index (χ0) is 19.4. The highest BCUT2D eigenvalue weighted by Crippen LogP contribution is 2.35. The van der Waals surface area contributed by atoms with Gasteiger partial charge >= 0.3 is 0 Å². The Morgan fingerprint density at radius 1 is 1.30 bits per heavy atom. The minimum Gasteiger partial charge on any atom is -0.339 e. The van der Waals surface area contributed by atoms with Gasteiger partial charge in [-0.05, 0) is 63.7 Å². The summed E-state index contributed by atoms with van der Waals surface area (Å²) in [5.41, 5.74) is 1.42. The highest BCUT2D eigenvalue weighted by atomic mass is 32.1. The standard InChI is InChI=1S/C21H31N3O2S/c1-15-6-7-17-14-19(27-18(17)13-15)22-21(26)16-8-11-24(12-9-16)20(25)5-4-10-23(2)3/h4-5,14-16H,6-13H2,1-3H3,(H,22,26)/b5-4+. The maximum atomic E-state index is 12.6. The average molecular weight is 390 g/mol. The average Bonchev–Trinajstić information content (AvgIpc) is 3.02. The molecule has 1 aliphatic carbocycles. The smallest absolute Gasteiger partial charge is 0.246 e. The van der Waals surface area contributed by atoms with Crippen LogP contribution in [-0.4, -0.2) is 55.3 Å². The van der Waals surface area contributed by atoms with Crippen molar-refractivity contribution >= 4 is 28.2 Å². The second kappa shape index (κ2) is 9.02. The van der Waals surface area contributed by atoms with Gasteiger partial charge in [0.2, 0.25) is 11.8 Å². The highest BCUT2D eigenvalue weighted by Gasteiger charge is 2.27. The maximum absolute atomic E-state index is 12.6. The fourth-order valence-electron chi connectivity index (χ4n) is 3.79. The molecule has 1 aromatic rings. The van der Waals surface area contributed by atoms with E-state index in [1.807, 2.05) is 30.0 Å². The summed E-state index contributed by atoms with van der Waals surface area (Å²) in [5.74, 6) is 0.902. The molecular formula is C21H31N3O2S. The summed E-state index contributed by atoms with van der Waals surface area (Å²) in [5, 5.41) is 4.12. The largest absolute Gasteiger partial charge is 0.339 e. The number of rotatable bonds is 5. The van der Waals surface area contributed by atoms with Crippen LogP contribution in [0.15, 0.2) is 18.2 Å². The fraction of sp³-hybridized carbons (Fsp3) is 0.619. The number of hydrogen-bond donors (Lipinski definition) is 1. The summed E-state index contributed by atoms with van der Waals surface area (Å²) in [4.78, 5) is 30.2. The number of carbonyl (C=O) groups is 2. The normalized spacial score (nSPS) is 20.9. The third-order valence-electron chi connectivity index (χ3n) is 5.49. The van der Waals surface area contributed by atoms with Crippen LogP contribution in [0.4, 0.5) is 5.00 Å². The molecule has 2 heterocycles. The molecular weight excluding hydrogens is 358 g/mol. The summed E-state index contributed by atoms with van der Waals surface area (Å²) in [6, 6.07) is 2.16. The number of nitrogens with zero attached hydrogens (tertiary/aromatic N) is 2. The van der Waals surface area contributed by atoms with Crippen molar-refractivity contribution in [2.45, 2.75) is 39.0 Å². The number of piperidine rings is 1. The molecule has 1 unspecified atom stereocenters. The van der Waals surface area contributed by atoms with Crippen molar-refractivity contribution in [3.8, 4) is 0 Å². The van der Waals surface area contributed by atoms with E-state index >= 15 is 0 Å². The molecule has 2 amide bonds. The van der Waals surface area contributed by atoms with Crippen molar-refractivity contribution in [1.82, 2.24) is 9.80 Å². The van der Waals surface area contributed by atoms with E-state index < -0.39 is 0 Å². The molecule has 6 heteroatoms. The van der Waals surface area contributed by atoms with E-state index in [-0.39, 0.29) is 17.7 Å². The zero-order valence-corrected chi connectivity index (χ0v) is 17.5. The first-order valence-corrected chi connectivity index (χ1v) is 10.8. The molecule has 5 nitrogen and oxygen atoms in total. The van der Waals surface area contributed by atoms with Crippen LogP contribution in [0.3, 0.4) is 0 Å². The first-order chi connectivity index (χ1) is 12.9. The Labute approximate surface area is 166 Å². The Kier molecular flexibility index (Phi) is 6.71. The lowest BCUT2D eigenvalue weighted by Crippen LogP contribution is -2.40. The maximum Gasteiger partial charge on any atom is 0.246 e. The molecule has 3 rings (SSSR count). The summed E-state index contributed by atoms with van der Waals surface area (Å²) in [6.07, 6.45) is 8.52. The number of anilines is 1. The fourth-order valence-corrected chi connectivity index (χ4v) is 5.07. The van der Waals surface area contributed by atoms with Crippen LogP contribution in [0.1, 0.15) is 36.6 Å². The summed E-state index contributed by atoms with van der Waals surface area (Å²) < 4.78 is 0. The molecule has 1 aliphatic heterocycles. The SMILES string of the molecule is CC1CCc2cc(NC(=O)C3CCN(C(=O)/C=C/CN(C)C)CC3)sc2C1. The van der Waals surface area contributed by atoms with Gasteiger partial charge in [-0.15, -0.1) is 11.3 Å². The second-order valence-electron chi connectivity index (χ2n) is 8.16. The van der Waals surface area contributed by atoms with Gasteiger partial charge < -0.3 is 15.1 Å². The Bertz CT molecular complexity index is 702. The van der Waals surface area contributed by atoms with Gasteiger partial charge in [0.15, 0.2) is 0 Å². The monoisotopic (exact) mass is 389 g/mol. The second-order valence-corrected chi connectivity index (χ2v) is 9.30. The minimum absolute atomic E-state index is 0.00198. The number of hydrogen-bond acceptors (Lipinski definition) is 4.